The number of aromatic nitrogens is 2. The van der Waals surface area contributed by atoms with Crippen molar-refractivity contribution in [2.45, 2.75) is 19.1 Å². The second kappa shape index (κ2) is 4.63. The fourth-order valence-corrected chi connectivity index (χ4v) is 1.36. The standard InChI is InChI=1S/C11H13N3O4/c1-5(15)9(12)11-13-10(14-18-11)6-2-3-7(16)8(17)4-6/h2-5,9,15-17H,12H2,1H3. The van der Waals surface area contributed by atoms with Crippen LogP contribution in [0.25, 0.3) is 11.4 Å². The third kappa shape index (κ3) is 2.27. The SMILES string of the molecule is CC(O)C(N)c1nc(-c2ccc(O)c(O)c2)no1. The molecule has 96 valence electrons. The number of benzene rings is 1. The first-order valence-corrected chi connectivity index (χ1v) is 5.28. The van der Waals surface area contributed by atoms with Crippen LogP contribution in [0.3, 0.4) is 0 Å². The Hall–Kier alpha value is -2.12. The van der Waals surface area contributed by atoms with Gasteiger partial charge in [-0.15, -0.1) is 0 Å². The Kier molecular flexibility index (Phi) is 3.17. The minimum atomic E-state index is -0.813. The summed E-state index contributed by atoms with van der Waals surface area (Å²) in [5, 5.41) is 31.6. The summed E-state index contributed by atoms with van der Waals surface area (Å²) in [6, 6.07) is 3.38. The molecule has 0 bridgehead atoms. The van der Waals surface area contributed by atoms with E-state index in [0.29, 0.717) is 5.56 Å². The van der Waals surface area contributed by atoms with Crippen molar-refractivity contribution in [3.05, 3.63) is 24.1 Å². The van der Waals surface area contributed by atoms with Crippen LogP contribution >= 0.6 is 0 Å². The lowest BCUT2D eigenvalue weighted by Gasteiger charge is -2.08. The number of aromatic hydroxyl groups is 2. The molecule has 7 heteroatoms. The number of nitrogens with two attached hydrogens (primary N) is 1. The van der Waals surface area contributed by atoms with Crippen molar-refractivity contribution in [3.8, 4) is 22.9 Å². The lowest BCUT2D eigenvalue weighted by atomic mass is 10.2. The van der Waals surface area contributed by atoms with Crippen LogP contribution in [0.5, 0.6) is 11.5 Å². The van der Waals surface area contributed by atoms with Crippen LogP contribution in [0.15, 0.2) is 22.7 Å². The van der Waals surface area contributed by atoms with Gasteiger partial charge in [0.1, 0.15) is 6.04 Å². The summed E-state index contributed by atoms with van der Waals surface area (Å²) in [5.74, 6) is -0.189. The zero-order chi connectivity index (χ0) is 13.3. The minimum absolute atomic E-state index is 0.104. The number of hydrogen-bond donors (Lipinski definition) is 4. The second-order valence-corrected chi connectivity index (χ2v) is 3.93. The molecule has 0 aliphatic carbocycles. The van der Waals surface area contributed by atoms with Crippen molar-refractivity contribution < 1.29 is 19.8 Å². The lowest BCUT2D eigenvalue weighted by Crippen LogP contribution is -2.23. The van der Waals surface area contributed by atoms with Crippen LogP contribution in [0, 0.1) is 0 Å². The van der Waals surface area contributed by atoms with Crippen molar-refractivity contribution in [1.29, 1.82) is 0 Å². The predicted octanol–water partition coefficient (Wildman–Crippen LogP) is 0.528. The molecule has 2 aromatic rings. The van der Waals surface area contributed by atoms with Crippen LogP contribution in [0.4, 0.5) is 0 Å². The highest BCUT2D eigenvalue weighted by molar-refractivity contribution is 5.59. The van der Waals surface area contributed by atoms with Crippen molar-refractivity contribution >= 4 is 0 Å². The molecule has 0 saturated carbocycles. The highest BCUT2D eigenvalue weighted by Crippen LogP contribution is 2.29. The number of aliphatic hydroxyl groups is 1. The zero-order valence-electron chi connectivity index (χ0n) is 9.61. The van der Waals surface area contributed by atoms with Crippen LogP contribution in [-0.4, -0.2) is 31.6 Å². The Balaban J connectivity index is 2.32. The molecule has 0 radical (unpaired) electrons. The number of phenolic OH excluding ortho intramolecular Hbond substituents is 2. The van der Waals surface area contributed by atoms with Gasteiger partial charge in [0.2, 0.25) is 11.7 Å². The van der Waals surface area contributed by atoms with Crippen molar-refractivity contribution in [3.63, 3.8) is 0 Å². The molecule has 18 heavy (non-hydrogen) atoms. The van der Waals surface area contributed by atoms with E-state index in [0.717, 1.165) is 0 Å². The summed E-state index contributed by atoms with van der Waals surface area (Å²) in [6.07, 6.45) is -0.813. The monoisotopic (exact) mass is 251 g/mol. The first-order chi connectivity index (χ1) is 8.49. The van der Waals surface area contributed by atoms with Gasteiger partial charge in [-0.05, 0) is 25.1 Å². The number of hydrogen-bond acceptors (Lipinski definition) is 7. The van der Waals surface area contributed by atoms with Crippen LogP contribution in [-0.2, 0) is 0 Å². The second-order valence-electron chi connectivity index (χ2n) is 3.93. The number of rotatable bonds is 3. The van der Waals surface area contributed by atoms with E-state index in [-0.39, 0.29) is 23.2 Å². The van der Waals surface area contributed by atoms with Gasteiger partial charge < -0.3 is 25.6 Å². The zero-order valence-corrected chi connectivity index (χ0v) is 9.61. The van der Waals surface area contributed by atoms with Gasteiger partial charge in [-0.3, -0.25) is 0 Å². The molecule has 7 nitrogen and oxygen atoms in total. The molecule has 0 aliphatic heterocycles. The highest BCUT2D eigenvalue weighted by atomic mass is 16.5. The Morgan fingerprint density at radius 2 is 2.00 bits per heavy atom. The average Bonchev–Trinajstić information content (AvgIpc) is 2.81. The van der Waals surface area contributed by atoms with E-state index in [1.165, 1.54) is 25.1 Å². The molecule has 2 atom stereocenters. The third-order valence-corrected chi connectivity index (χ3v) is 2.48. The van der Waals surface area contributed by atoms with Crippen molar-refractivity contribution in [2.75, 3.05) is 0 Å². The largest absolute Gasteiger partial charge is 0.504 e. The lowest BCUT2D eigenvalue weighted by molar-refractivity contribution is 0.146. The molecule has 0 saturated heterocycles. The van der Waals surface area contributed by atoms with Gasteiger partial charge in [0.05, 0.1) is 6.10 Å². The van der Waals surface area contributed by atoms with E-state index < -0.39 is 12.1 Å². The molecule has 0 aliphatic rings. The average molecular weight is 251 g/mol. The number of phenols is 2. The van der Waals surface area contributed by atoms with Gasteiger partial charge in [-0.25, -0.2) is 0 Å². The van der Waals surface area contributed by atoms with Gasteiger partial charge in [-0.2, -0.15) is 4.98 Å². The fraction of sp³-hybridized carbons (Fsp3) is 0.273. The predicted molar refractivity (Wildman–Crippen MR) is 61.7 cm³/mol. The van der Waals surface area contributed by atoms with Crippen LogP contribution in [0.1, 0.15) is 18.9 Å². The van der Waals surface area contributed by atoms with E-state index in [2.05, 4.69) is 10.1 Å². The molecule has 5 N–H and O–H groups in total. The maximum atomic E-state index is 9.36. The smallest absolute Gasteiger partial charge is 0.246 e. The van der Waals surface area contributed by atoms with E-state index in [9.17, 15) is 15.3 Å². The molecule has 2 rings (SSSR count). The van der Waals surface area contributed by atoms with Crippen LogP contribution < -0.4 is 5.73 Å². The van der Waals surface area contributed by atoms with Gasteiger partial charge in [-0.1, -0.05) is 5.16 Å². The van der Waals surface area contributed by atoms with Gasteiger partial charge >= 0.3 is 0 Å². The number of nitrogens with zero attached hydrogens (tertiary/aromatic N) is 2. The van der Waals surface area contributed by atoms with Crippen molar-refractivity contribution in [2.24, 2.45) is 5.73 Å². The molecule has 0 amide bonds. The van der Waals surface area contributed by atoms with E-state index in [4.69, 9.17) is 10.3 Å². The molecule has 1 heterocycles. The molecular formula is C11H13N3O4. The molecule has 0 spiro atoms. The first kappa shape index (κ1) is 12.3. The summed E-state index contributed by atoms with van der Waals surface area (Å²) in [6.45, 7) is 1.51. The van der Waals surface area contributed by atoms with E-state index in [1.54, 1.807) is 0 Å². The topological polar surface area (TPSA) is 126 Å². The summed E-state index contributed by atoms with van der Waals surface area (Å²) >= 11 is 0. The van der Waals surface area contributed by atoms with Gasteiger partial charge in [0.15, 0.2) is 11.5 Å². The molecule has 1 aromatic carbocycles. The molecule has 2 unspecified atom stereocenters. The summed E-state index contributed by atoms with van der Waals surface area (Å²) < 4.78 is 4.92. The van der Waals surface area contributed by atoms with E-state index >= 15 is 0 Å². The van der Waals surface area contributed by atoms with E-state index in [1.807, 2.05) is 0 Å². The maximum Gasteiger partial charge on any atom is 0.246 e. The highest BCUT2D eigenvalue weighted by Gasteiger charge is 2.20. The summed E-state index contributed by atoms with van der Waals surface area (Å²) in [7, 11) is 0. The summed E-state index contributed by atoms with van der Waals surface area (Å²) in [4.78, 5) is 4.02. The fourth-order valence-electron chi connectivity index (χ4n) is 1.36. The van der Waals surface area contributed by atoms with Crippen LogP contribution in [0.2, 0.25) is 0 Å². The molecular weight excluding hydrogens is 238 g/mol. The van der Waals surface area contributed by atoms with Gasteiger partial charge in [0, 0.05) is 5.56 Å². The molecule has 0 fully saturated rings. The Bertz CT molecular complexity index is 553. The Labute approximate surface area is 102 Å². The van der Waals surface area contributed by atoms with Gasteiger partial charge in [0.25, 0.3) is 0 Å². The quantitative estimate of drug-likeness (QED) is 0.586. The number of aliphatic hydroxyl groups excluding tert-OH is 1. The first-order valence-electron chi connectivity index (χ1n) is 5.28. The Morgan fingerprint density at radius 1 is 1.28 bits per heavy atom. The summed E-state index contributed by atoms with van der Waals surface area (Å²) in [5.41, 5.74) is 6.12. The maximum absolute atomic E-state index is 9.36. The normalized spacial score (nSPS) is 14.4. The Morgan fingerprint density at radius 3 is 2.61 bits per heavy atom. The third-order valence-electron chi connectivity index (χ3n) is 2.48. The molecule has 1 aromatic heterocycles. The van der Waals surface area contributed by atoms with Crippen molar-refractivity contribution in [1.82, 2.24) is 10.1 Å². The minimum Gasteiger partial charge on any atom is -0.504 e.